The first-order chi connectivity index (χ1) is 6.70. The van der Waals surface area contributed by atoms with Gasteiger partial charge in [0, 0.05) is 16.9 Å². The molecule has 74 valence electrons. The number of hydrogen-bond donors (Lipinski definition) is 1. The van der Waals surface area contributed by atoms with Gasteiger partial charge in [-0.3, -0.25) is 0 Å². The van der Waals surface area contributed by atoms with Crippen LogP contribution < -0.4 is 5.32 Å². The summed E-state index contributed by atoms with van der Waals surface area (Å²) < 4.78 is 1.15. The molecule has 1 atom stereocenters. The summed E-state index contributed by atoms with van der Waals surface area (Å²) in [6.07, 6.45) is 6.03. The van der Waals surface area contributed by atoms with Crippen molar-refractivity contribution < 1.29 is 0 Å². The minimum Gasteiger partial charge on any atom is -0.312 e. The second kappa shape index (κ2) is 5.19. The average Bonchev–Trinajstić information content (AvgIpc) is 2.19. The Labute approximate surface area is 94.0 Å². The summed E-state index contributed by atoms with van der Waals surface area (Å²) in [7, 11) is 1.93. The van der Waals surface area contributed by atoms with Gasteiger partial charge >= 0.3 is 0 Å². The van der Waals surface area contributed by atoms with E-state index in [1.54, 1.807) is 0 Å². The summed E-state index contributed by atoms with van der Waals surface area (Å²) in [5.41, 5.74) is 2.46. The van der Waals surface area contributed by atoms with E-state index in [0.29, 0.717) is 6.42 Å². The zero-order chi connectivity index (χ0) is 10.6. The smallest absolute Gasteiger partial charge is 0.0439 e. The summed E-state index contributed by atoms with van der Waals surface area (Å²) in [4.78, 5) is 0. The van der Waals surface area contributed by atoms with E-state index in [1.807, 2.05) is 7.05 Å². The van der Waals surface area contributed by atoms with E-state index in [1.165, 1.54) is 11.1 Å². The Balaban J connectivity index is 3.05. The minimum atomic E-state index is 0.231. The maximum Gasteiger partial charge on any atom is 0.0439 e. The molecule has 0 aliphatic carbocycles. The van der Waals surface area contributed by atoms with Crippen molar-refractivity contribution in [1.82, 2.24) is 5.32 Å². The molecule has 1 aromatic carbocycles. The van der Waals surface area contributed by atoms with E-state index in [2.05, 4.69) is 52.3 Å². The molecule has 0 aliphatic heterocycles. The zero-order valence-electron chi connectivity index (χ0n) is 8.47. The molecule has 1 N–H and O–H groups in total. The number of aryl methyl sites for hydroxylation is 1. The highest BCUT2D eigenvalue weighted by atomic mass is 79.9. The van der Waals surface area contributed by atoms with E-state index in [0.717, 1.165) is 4.47 Å². The monoisotopic (exact) mass is 251 g/mol. The van der Waals surface area contributed by atoms with E-state index < -0.39 is 0 Å². The van der Waals surface area contributed by atoms with Crippen molar-refractivity contribution in [2.75, 3.05) is 7.05 Å². The second-order valence-corrected chi connectivity index (χ2v) is 4.02. The summed E-state index contributed by atoms with van der Waals surface area (Å²) in [6.45, 7) is 2.08. The fourth-order valence-corrected chi connectivity index (χ4v) is 1.97. The lowest BCUT2D eigenvalue weighted by molar-refractivity contribution is 0.608. The molecular formula is C12H14BrN. The van der Waals surface area contributed by atoms with Crippen LogP contribution >= 0.6 is 15.9 Å². The Morgan fingerprint density at radius 2 is 2.29 bits per heavy atom. The molecular weight excluding hydrogens is 238 g/mol. The van der Waals surface area contributed by atoms with E-state index in [-0.39, 0.29) is 6.04 Å². The topological polar surface area (TPSA) is 12.0 Å². The summed E-state index contributed by atoms with van der Waals surface area (Å²) >= 11 is 3.58. The maximum atomic E-state index is 5.33. The van der Waals surface area contributed by atoms with E-state index >= 15 is 0 Å². The molecule has 0 aliphatic rings. The molecule has 0 heterocycles. The van der Waals surface area contributed by atoms with Gasteiger partial charge in [-0.1, -0.05) is 34.1 Å². The third-order valence-electron chi connectivity index (χ3n) is 2.27. The molecule has 0 saturated carbocycles. The number of nitrogens with one attached hydrogen (secondary N) is 1. The van der Waals surface area contributed by atoms with Crippen molar-refractivity contribution in [1.29, 1.82) is 0 Å². The van der Waals surface area contributed by atoms with Gasteiger partial charge in [0.2, 0.25) is 0 Å². The van der Waals surface area contributed by atoms with Crippen molar-refractivity contribution >= 4 is 15.9 Å². The first-order valence-corrected chi connectivity index (χ1v) is 5.35. The summed E-state index contributed by atoms with van der Waals surface area (Å²) in [5.74, 6) is 2.68. The highest BCUT2D eigenvalue weighted by Gasteiger charge is 2.11. The Bertz CT molecular complexity index is 352. The molecule has 1 unspecified atom stereocenters. The molecule has 1 rings (SSSR count). The normalized spacial score (nSPS) is 12.1. The predicted octanol–water partition coefficient (Wildman–Crippen LogP) is 3.04. The highest BCUT2D eigenvalue weighted by Crippen LogP contribution is 2.27. The van der Waals surface area contributed by atoms with Crippen LogP contribution in [0.2, 0.25) is 0 Å². The van der Waals surface area contributed by atoms with Crippen molar-refractivity contribution in [2.45, 2.75) is 19.4 Å². The third-order valence-corrected chi connectivity index (χ3v) is 3.35. The third kappa shape index (κ3) is 2.37. The van der Waals surface area contributed by atoms with Gasteiger partial charge in [0.05, 0.1) is 0 Å². The predicted molar refractivity (Wildman–Crippen MR) is 64.1 cm³/mol. The van der Waals surface area contributed by atoms with Crippen molar-refractivity contribution in [2.24, 2.45) is 0 Å². The Hall–Kier alpha value is -0.780. The average molecular weight is 252 g/mol. The Morgan fingerprint density at radius 3 is 2.86 bits per heavy atom. The number of rotatable bonds is 3. The summed E-state index contributed by atoms with van der Waals surface area (Å²) in [5, 5.41) is 3.21. The molecule has 0 aromatic heterocycles. The van der Waals surface area contributed by atoms with Crippen LogP contribution in [-0.4, -0.2) is 7.05 Å². The van der Waals surface area contributed by atoms with Crippen LogP contribution in [0, 0.1) is 19.3 Å². The zero-order valence-corrected chi connectivity index (χ0v) is 10.1. The van der Waals surface area contributed by atoms with Gasteiger partial charge in [0.25, 0.3) is 0 Å². The Morgan fingerprint density at radius 1 is 1.57 bits per heavy atom. The van der Waals surface area contributed by atoms with Crippen LogP contribution in [0.25, 0.3) is 0 Å². The standard InChI is InChI=1S/C12H14BrN/c1-4-6-11(14-3)10-8-5-7-9(2)12(10)13/h1,5,7-8,11,14H,6H2,2-3H3. The summed E-state index contributed by atoms with van der Waals surface area (Å²) in [6, 6.07) is 6.46. The molecule has 1 nitrogen and oxygen atoms in total. The number of halogens is 1. The van der Waals surface area contributed by atoms with Crippen LogP contribution in [0.5, 0.6) is 0 Å². The van der Waals surface area contributed by atoms with Crippen LogP contribution in [0.3, 0.4) is 0 Å². The molecule has 0 radical (unpaired) electrons. The van der Waals surface area contributed by atoms with Gasteiger partial charge < -0.3 is 5.32 Å². The van der Waals surface area contributed by atoms with Gasteiger partial charge in [0.1, 0.15) is 0 Å². The largest absolute Gasteiger partial charge is 0.312 e. The minimum absolute atomic E-state index is 0.231. The maximum absolute atomic E-state index is 5.33. The van der Waals surface area contributed by atoms with Gasteiger partial charge in [-0.05, 0) is 25.1 Å². The second-order valence-electron chi connectivity index (χ2n) is 3.23. The van der Waals surface area contributed by atoms with Gasteiger partial charge in [0.15, 0.2) is 0 Å². The van der Waals surface area contributed by atoms with E-state index in [4.69, 9.17) is 6.42 Å². The molecule has 0 spiro atoms. The molecule has 0 saturated heterocycles. The molecule has 14 heavy (non-hydrogen) atoms. The van der Waals surface area contributed by atoms with Crippen LogP contribution in [0.1, 0.15) is 23.6 Å². The van der Waals surface area contributed by atoms with Crippen LogP contribution in [-0.2, 0) is 0 Å². The molecule has 1 aromatic rings. The molecule has 0 amide bonds. The lowest BCUT2D eigenvalue weighted by atomic mass is 10.0. The number of hydrogen-bond acceptors (Lipinski definition) is 1. The lowest BCUT2D eigenvalue weighted by Gasteiger charge is -2.16. The van der Waals surface area contributed by atoms with Crippen molar-refractivity contribution in [3.05, 3.63) is 33.8 Å². The highest BCUT2D eigenvalue weighted by molar-refractivity contribution is 9.10. The van der Waals surface area contributed by atoms with Gasteiger partial charge in [-0.25, -0.2) is 0 Å². The molecule has 0 bridgehead atoms. The van der Waals surface area contributed by atoms with Gasteiger partial charge in [-0.15, -0.1) is 12.3 Å². The fourth-order valence-electron chi connectivity index (χ4n) is 1.42. The fraction of sp³-hybridized carbons (Fsp3) is 0.333. The van der Waals surface area contributed by atoms with Crippen molar-refractivity contribution in [3.8, 4) is 12.3 Å². The van der Waals surface area contributed by atoms with Crippen LogP contribution in [0.4, 0.5) is 0 Å². The lowest BCUT2D eigenvalue weighted by Crippen LogP contribution is -2.16. The first-order valence-electron chi connectivity index (χ1n) is 4.56. The Kier molecular flexibility index (Phi) is 4.19. The molecule has 2 heteroatoms. The van der Waals surface area contributed by atoms with E-state index in [9.17, 15) is 0 Å². The van der Waals surface area contributed by atoms with Crippen molar-refractivity contribution in [3.63, 3.8) is 0 Å². The number of terminal acetylenes is 1. The first kappa shape index (κ1) is 11.3. The quantitative estimate of drug-likeness (QED) is 0.815. The SMILES string of the molecule is C#CCC(NC)c1cccc(C)c1Br. The van der Waals surface area contributed by atoms with Crippen LogP contribution in [0.15, 0.2) is 22.7 Å². The van der Waals surface area contributed by atoms with Gasteiger partial charge in [-0.2, -0.15) is 0 Å². The molecule has 0 fully saturated rings. The number of benzene rings is 1.